The highest BCUT2D eigenvalue weighted by Crippen LogP contribution is 2.37. The molecular formula is C42H30N4. The summed E-state index contributed by atoms with van der Waals surface area (Å²) in [6, 6.07) is 47.8. The zero-order chi connectivity index (χ0) is 30.8. The third kappa shape index (κ3) is 4.00. The van der Waals surface area contributed by atoms with Gasteiger partial charge in [0.05, 0.1) is 33.1 Å². The fourth-order valence-corrected chi connectivity index (χ4v) is 7.13. The Balaban J connectivity index is 1.25. The van der Waals surface area contributed by atoms with Crippen LogP contribution in [0.4, 0.5) is 0 Å². The van der Waals surface area contributed by atoms with Crippen molar-refractivity contribution in [3.8, 4) is 33.6 Å². The molecule has 0 saturated carbocycles. The van der Waals surface area contributed by atoms with E-state index in [9.17, 15) is 0 Å². The molecule has 5 aromatic carbocycles. The van der Waals surface area contributed by atoms with Crippen LogP contribution in [0.1, 0.15) is 11.1 Å². The Morgan fingerprint density at radius 2 is 0.891 bits per heavy atom. The summed E-state index contributed by atoms with van der Waals surface area (Å²) in [7, 11) is 0. The summed E-state index contributed by atoms with van der Waals surface area (Å²) in [5.74, 6) is 0. The molecule has 9 aromatic rings. The first-order chi connectivity index (χ1) is 22.7. The molecule has 46 heavy (non-hydrogen) atoms. The Bertz CT molecular complexity index is 2440. The zero-order valence-electron chi connectivity index (χ0n) is 25.6. The summed E-state index contributed by atoms with van der Waals surface area (Å²) in [6.07, 6.45) is 3.78. The average molecular weight is 591 g/mol. The number of benzene rings is 5. The van der Waals surface area contributed by atoms with Gasteiger partial charge in [-0.25, -0.2) is 0 Å². The second kappa shape index (κ2) is 10.3. The van der Waals surface area contributed by atoms with Crippen LogP contribution in [0.5, 0.6) is 0 Å². The van der Waals surface area contributed by atoms with E-state index in [1.165, 1.54) is 33.4 Å². The number of hydrogen-bond acceptors (Lipinski definition) is 2. The highest BCUT2D eigenvalue weighted by Gasteiger charge is 2.18. The number of nitrogens with zero attached hydrogens (tertiary/aromatic N) is 4. The van der Waals surface area contributed by atoms with Crippen LogP contribution in [-0.2, 0) is 0 Å². The molecule has 218 valence electrons. The summed E-state index contributed by atoms with van der Waals surface area (Å²) < 4.78 is 4.68. The molecule has 0 aliphatic rings. The monoisotopic (exact) mass is 590 g/mol. The van der Waals surface area contributed by atoms with Gasteiger partial charge < -0.3 is 9.13 Å². The molecule has 4 aromatic heterocycles. The molecule has 0 N–H and O–H groups in total. The lowest BCUT2D eigenvalue weighted by Gasteiger charge is -2.13. The highest BCUT2D eigenvalue weighted by molar-refractivity contribution is 6.10. The Hall–Kier alpha value is -6.00. The number of pyridine rings is 2. The Kier molecular flexibility index (Phi) is 5.90. The third-order valence-electron chi connectivity index (χ3n) is 9.30. The van der Waals surface area contributed by atoms with Crippen molar-refractivity contribution in [3.05, 3.63) is 157 Å². The van der Waals surface area contributed by atoms with Crippen LogP contribution in [0.3, 0.4) is 0 Å². The molecule has 0 radical (unpaired) electrons. The van der Waals surface area contributed by atoms with E-state index in [1.807, 2.05) is 24.5 Å². The Morgan fingerprint density at radius 3 is 1.37 bits per heavy atom. The number of aryl methyl sites for hydroxylation is 2. The van der Waals surface area contributed by atoms with Crippen molar-refractivity contribution in [3.63, 3.8) is 0 Å². The first-order valence-corrected chi connectivity index (χ1v) is 15.7. The Morgan fingerprint density at radius 1 is 0.413 bits per heavy atom. The molecule has 0 bridgehead atoms. The second-order valence-electron chi connectivity index (χ2n) is 12.0. The lowest BCUT2D eigenvalue weighted by Crippen LogP contribution is -1.98. The van der Waals surface area contributed by atoms with Crippen molar-refractivity contribution in [2.45, 2.75) is 13.8 Å². The van der Waals surface area contributed by atoms with Gasteiger partial charge in [-0.3, -0.25) is 9.97 Å². The molecule has 0 atom stereocenters. The van der Waals surface area contributed by atoms with E-state index < -0.39 is 0 Å². The van der Waals surface area contributed by atoms with E-state index in [1.54, 1.807) is 0 Å². The van der Waals surface area contributed by atoms with E-state index in [2.05, 4.69) is 144 Å². The van der Waals surface area contributed by atoms with Crippen LogP contribution in [-0.4, -0.2) is 19.1 Å². The van der Waals surface area contributed by atoms with Gasteiger partial charge in [-0.15, -0.1) is 0 Å². The molecule has 0 spiro atoms. The first-order valence-electron chi connectivity index (χ1n) is 15.7. The topological polar surface area (TPSA) is 35.6 Å². The lowest BCUT2D eigenvalue weighted by molar-refractivity contribution is 1.13. The van der Waals surface area contributed by atoms with Crippen LogP contribution in [0, 0.1) is 13.8 Å². The quantitative estimate of drug-likeness (QED) is 0.204. The first kappa shape index (κ1) is 26.4. The van der Waals surface area contributed by atoms with Crippen molar-refractivity contribution in [2.75, 3.05) is 0 Å². The fraction of sp³-hybridized carbons (Fsp3) is 0.0476. The van der Waals surface area contributed by atoms with E-state index in [0.29, 0.717) is 0 Å². The number of rotatable bonds is 4. The minimum Gasteiger partial charge on any atom is -0.308 e. The largest absolute Gasteiger partial charge is 0.308 e. The molecule has 0 saturated heterocycles. The van der Waals surface area contributed by atoms with E-state index in [-0.39, 0.29) is 0 Å². The zero-order valence-corrected chi connectivity index (χ0v) is 25.6. The Labute approximate surface area is 266 Å². The van der Waals surface area contributed by atoms with Crippen molar-refractivity contribution in [1.82, 2.24) is 19.1 Å². The van der Waals surface area contributed by atoms with Gasteiger partial charge in [0.15, 0.2) is 0 Å². The van der Waals surface area contributed by atoms with Crippen molar-refractivity contribution in [1.29, 1.82) is 0 Å². The minimum atomic E-state index is 1.00. The van der Waals surface area contributed by atoms with Crippen LogP contribution >= 0.6 is 0 Å². The molecule has 0 amide bonds. The van der Waals surface area contributed by atoms with Gasteiger partial charge in [0.25, 0.3) is 0 Å². The van der Waals surface area contributed by atoms with Crippen LogP contribution < -0.4 is 0 Å². The lowest BCUT2D eigenvalue weighted by atomic mass is 9.99. The number of fused-ring (bicyclic) bond motifs is 6. The maximum Gasteiger partial charge on any atom is 0.0963 e. The predicted octanol–water partition coefficient (Wildman–Crippen LogP) is 10.6. The fourth-order valence-electron chi connectivity index (χ4n) is 7.13. The second-order valence-corrected chi connectivity index (χ2v) is 12.0. The van der Waals surface area contributed by atoms with Gasteiger partial charge in [0, 0.05) is 34.5 Å². The molecule has 4 heterocycles. The number of hydrogen-bond donors (Lipinski definition) is 0. The summed E-state index contributed by atoms with van der Waals surface area (Å²) >= 11 is 0. The van der Waals surface area contributed by atoms with Gasteiger partial charge in [0.1, 0.15) is 0 Å². The summed E-state index contributed by atoms with van der Waals surface area (Å²) in [4.78, 5) is 9.74. The van der Waals surface area contributed by atoms with Crippen molar-refractivity contribution in [2.24, 2.45) is 0 Å². The van der Waals surface area contributed by atoms with E-state index in [4.69, 9.17) is 9.97 Å². The van der Waals surface area contributed by atoms with Crippen LogP contribution in [0.2, 0.25) is 0 Å². The third-order valence-corrected chi connectivity index (χ3v) is 9.30. The predicted molar refractivity (Wildman–Crippen MR) is 191 cm³/mol. The smallest absolute Gasteiger partial charge is 0.0963 e. The molecule has 0 fully saturated rings. The van der Waals surface area contributed by atoms with Gasteiger partial charge in [-0.1, -0.05) is 66.7 Å². The normalized spacial score (nSPS) is 11.7. The summed E-state index contributed by atoms with van der Waals surface area (Å²) in [5, 5.41) is 2.29. The SMILES string of the molecule is Cc1ccccc1-c1ccc2c(c1)c1ncccc1n2-c1cccc(-n2c3ccc(-c4ccccc4C)cc3c3ncccc32)c1. The van der Waals surface area contributed by atoms with E-state index in [0.717, 1.165) is 55.2 Å². The summed E-state index contributed by atoms with van der Waals surface area (Å²) in [5.41, 5.74) is 16.0. The van der Waals surface area contributed by atoms with Crippen LogP contribution in [0.15, 0.2) is 146 Å². The molecular weight excluding hydrogens is 560 g/mol. The molecule has 9 rings (SSSR count). The van der Waals surface area contributed by atoms with Gasteiger partial charge in [0.2, 0.25) is 0 Å². The molecule has 4 nitrogen and oxygen atoms in total. The molecule has 4 heteroatoms. The minimum absolute atomic E-state index is 1.00. The standard InChI is InChI=1S/C42H30N4/c1-27-10-3-5-14-33(27)29-18-20-37-35(24-29)41-39(16-8-22-43-41)45(37)31-12-7-13-32(26-31)46-38-21-19-30(34-15-6-4-11-28(34)2)25-36(38)42-40(46)17-9-23-44-42/h3-26H,1-2H3. The van der Waals surface area contributed by atoms with Gasteiger partial charge in [-0.2, -0.15) is 0 Å². The van der Waals surface area contributed by atoms with Crippen LogP contribution in [0.25, 0.3) is 77.5 Å². The van der Waals surface area contributed by atoms with Crippen molar-refractivity contribution >= 4 is 43.9 Å². The highest BCUT2D eigenvalue weighted by atomic mass is 15.0. The summed E-state index contributed by atoms with van der Waals surface area (Å²) in [6.45, 7) is 4.33. The van der Waals surface area contributed by atoms with Gasteiger partial charge in [-0.05, 0) is 114 Å². The van der Waals surface area contributed by atoms with E-state index >= 15 is 0 Å². The molecule has 0 unspecified atom stereocenters. The maximum absolute atomic E-state index is 4.87. The average Bonchev–Trinajstić information content (AvgIpc) is 3.61. The molecule has 0 aliphatic carbocycles. The van der Waals surface area contributed by atoms with Crippen molar-refractivity contribution < 1.29 is 0 Å². The number of aromatic nitrogens is 4. The maximum atomic E-state index is 4.87. The van der Waals surface area contributed by atoms with Gasteiger partial charge >= 0.3 is 0 Å². The molecule has 0 aliphatic heterocycles.